The van der Waals surface area contributed by atoms with Crippen LogP contribution in [0.3, 0.4) is 0 Å². The molecule has 144 valence electrons. The summed E-state index contributed by atoms with van der Waals surface area (Å²) in [6.45, 7) is 7.97. The third kappa shape index (κ3) is 5.78. The Morgan fingerprint density at radius 2 is 1.71 bits per heavy atom. The maximum atomic E-state index is 12.2. The van der Waals surface area contributed by atoms with Gasteiger partial charge in [-0.25, -0.2) is 5.43 Å². The summed E-state index contributed by atoms with van der Waals surface area (Å²) in [5.41, 5.74) is 5.40. The van der Waals surface area contributed by atoms with Crippen molar-refractivity contribution in [3.05, 3.63) is 65.2 Å². The van der Waals surface area contributed by atoms with Gasteiger partial charge in [0.05, 0.1) is 17.7 Å². The normalized spacial score (nSPS) is 11.5. The molecular weight excluding hydrogens is 352 g/mol. The average molecular weight is 376 g/mol. The number of para-hydroxylation sites is 1. The summed E-state index contributed by atoms with van der Waals surface area (Å²) >= 11 is 0. The van der Waals surface area contributed by atoms with Crippen LogP contribution < -0.4 is 10.7 Å². The van der Waals surface area contributed by atoms with Gasteiger partial charge in [0.25, 0.3) is 5.91 Å². The molecule has 0 saturated heterocycles. The number of hydrogen-bond donors (Lipinski definition) is 2. The maximum Gasteiger partial charge on any atom is 0.271 e. The lowest BCUT2D eigenvalue weighted by molar-refractivity contribution is -0.115. The van der Waals surface area contributed by atoms with E-state index in [0.717, 1.165) is 5.56 Å². The van der Waals surface area contributed by atoms with Crippen LogP contribution in [0.1, 0.15) is 55.6 Å². The van der Waals surface area contributed by atoms with Gasteiger partial charge in [0.1, 0.15) is 6.07 Å². The minimum atomic E-state index is -0.338. The number of nitriles is 1. The number of hydrogen-bond acceptors (Lipinski definition) is 4. The van der Waals surface area contributed by atoms with Gasteiger partial charge in [-0.3, -0.25) is 9.59 Å². The molecule has 0 aromatic heterocycles. The number of rotatable bonds is 5. The number of amides is 2. The number of anilines is 1. The van der Waals surface area contributed by atoms with Crippen LogP contribution >= 0.6 is 0 Å². The van der Waals surface area contributed by atoms with E-state index in [0.29, 0.717) is 22.5 Å². The first-order valence-electron chi connectivity index (χ1n) is 8.93. The minimum Gasteiger partial charge on any atom is -0.325 e. The van der Waals surface area contributed by atoms with Gasteiger partial charge in [-0.05, 0) is 42.2 Å². The van der Waals surface area contributed by atoms with E-state index in [1.165, 1.54) is 0 Å². The third-order valence-electron chi connectivity index (χ3n) is 4.10. The molecular formula is C22H24N4O2. The SMILES string of the molecule is C/C(CC(=O)Nc1ccccc1C#N)=N\NC(=O)c1ccc(C(C)(C)C)cc1. The fourth-order valence-corrected chi connectivity index (χ4v) is 2.49. The van der Waals surface area contributed by atoms with E-state index in [1.807, 2.05) is 18.2 Å². The predicted octanol–water partition coefficient (Wildman–Crippen LogP) is 3.99. The van der Waals surface area contributed by atoms with Crippen molar-refractivity contribution in [1.82, 2.24) is 5.43 Å². The molecule has 2 rings (SSSR count). The summed E-state index contributed by atoms with van der Waals surface area (Å²) < 4.78 is 0. The molecule has 0 aliphatic carbocycles. The van der Waals surface area contributed by atoms with Gasteiger partial charge in [0.2, 0.25) is 5.91 Å². The van der Waals surface area contributed by atoms with Crippen LogP contribution in [0, 0.1) is 11.3 Å². The first-order valence-corrected chi connectivity index (χ1v) is 8.93. The van der Waals surface area contributed by atoms with Crippen molar-refractivity contribution in [2.45, 2.75) is 39.5 Å². The molecule has 2 aromatic rings. The molecule has 0 bridgehead atoms. The Bertz CT molecular complexity index is 932. The van der Waals surface area contributed by atoms with Crippen molar-refractivity contribution < 1.29 is 9.59 Å². The van der Waals surface area contributed by atoms with Crippen LogP contribution in [0.2, 0.25) is 0 Å². The van der Waals surface area contributed by atoms with Crippen molar-refractivity contribution in [2.24, 2.45) is 5.10 Å². The molecule has 2 aromatic carbocycles. The molecule has 0 atom stereocenters. The van der Waals surface area contributed by atoms with Gasteiger partial charge in [-0.1, -0.05) is 45.0 Å². The topological polar surface area (TPSA) is 94.3 Å². The van der Waals surface area contributed by atoms with Crippen molar-refractivity contribution in [2.75, 3.05) is 5.32 Å². The lowest BCUT2D eigenvalue weighted by atomic mass is 9.87. The molecule has 28 heavy (non-hydrogen) atoms. The van der Waals surface area contributed by atoms with Crippen LogP contribution in [0.5, 0.6) is 0 Å². The monoisotopic (exact) mass is 376 g/mol. The first-order chi connectivity index (χ1) is 13.2. The lowest BCUT2D eigenvalue weighted by Crippen LogP contribution is -2.22. The van der Waals surface area contributed by atoms with E-state index < -0.39 is 0 Å². The highest BCUT2D eigenvalue weighted by molar-refractivity contribution is 6.06. The van der Waals surface area contributed by atoms with Gasteiger partial charge >= 0.3 is 0 Å². The van der Waals surface area contributed by atoms with Gasteiger partial charge in [-0.15, -0.1) is 0 Å². The van der Waals surface area contributed by atoms with Crippen molar-refractivity contribution in [1.29, 1.82) is 5.26 Å². The average Bonchev–Trinajstić information content (AvgIpc) is 2.66. The summed E-state index contributed by atoms with van der Waals surface area (Å²) in [6.07, 6.45) is 0.00298. The highest BCUT2D eigenvalue weighted by Crippen LogP contribution is 2.22. The molecule has 0 heterocycles. The smallest absolute Gasteiger partial charge is 0.271 e. The molecule has 0 fully saturated rings. The predicted molar refractivity (Wildman–Crippen MR) is 110 cm³/mol. The van der Waals surface area contributed by atoms with Crippen LogP contribution in [0.4, 0.5) is 5.69 Å². The Morgan fingerprint density at radius 3 is 2.32 bits per heavy atom. The number of nitrogens with zero attached hydrogens (tertiary/aromatic N) is 2. The first kappa shape index (κ1) is 20.8. The van der Waals surface area contributed by atoms with E-state index >= 15 is 0 Å². The second kappa shape index (κ2) is 8.96. The Labute approximate surface area is 165 Å². The molecule has 6 nitrogen and oxygen atoms in total. The number of hydrazone groups is 1. The fourth-order valence-electron chi connectivity index (χ4n) is 2.49. The minimum absolute atomic E-state index is 0.00298. The summed E-state index contributed by atoms with van der Waals surface area (Å²) in [5.74, 6) is -0.650. The van der Waals surface area contributed by atoms with Crippen molar-refractivity contribution in [3.63, 3.8) is 0 Å². The quantitative estimate of drug-likeness (QED) is 0.610. The zero-order valence-electron chi connectivity index (χ0n) is 16.5. The third-order valence-corrected chi connectivity index (χ3v) is 4.10. The summed E-state index contributed by atoms with van der Waals surface area (Å²) in [7, 11) is 0. The maximum absolute atomic E-state index is 12.2. The molecule has 0 saturated carbocycles. The molecule has 0 aliphatic heterocycles. The van der Waals surface area contributed by atoms with Crippen molar-refractivity contribution >= 4 is 23.2 Å². The van der Waals surface area contributed by atoms with Gasteiger partial charge in [0.15, 0.2) is 0 Å². The van der Waals surface area contributed by atoms with Crippen LogP contribution in [0.25, 0.3) is 0 Å². The Morgan fingerprint density at radius 1 is 1.07 bits per heavy atom. The molecule has 2 amide bonds. The van der Waals surface area contributed by atoms with Crippen LogP contribution in [-0.2, 0) is 10.2 Å². The number of nitrogens with one attached hydrogen (secondary N) is 2. The molecule has 0 radical (unpaired) electrons. The van der Waals surface area contributed by atoms with Gasteiger partial charge in [-0.2, -0.15) is 10.4 Å². The summed E-state index contributed by atoms with van der Waals surface area (Å²) in [6, 6.07) is 16.1. The Balaban J connectivity index is 1.94. The summed E-state index contributed by atoms with van der Waals surface area (Å²) in [4.78, 5) is 24.3. The summed E-state index contributed by atoms with van der Waals surface area (Å²) in [5, 5.41) is 15.7. The largest absolute Gasteiger partial charge is 0.325 e. The Hall–Kier alpha value is -3.46. The molecule has 2 N–H and O–H groups in total. The molecule has 6 heteroatoms. The van der Waals surface area contributed by atoms with E-state index in [2.05, 4.69) is 36.6 Å². The number of benzene rings is 2. The molecule has 0 spiro atoms. The Kier molecular flexibility index (Phi) is 6.67. The highest BCUT2D eigenvalue weighted by Gasteiger charge is 2.14. The standard InChI is InChI=1S/C22H24N4O2/c1-15(13-20(27)24-19-8-6-5-7-17(19)14-23)25-26-21(28)16-9-11-18(12-10-16)22(2,3)4/h5-12H,13H2,1-4H3,(H,24,27)(H,26,28)/b25-15+. The van der Waals surface area contributed by atoms with Crippen LogP contribution in [-0.4, -0.2) is 17.5 Å². The van der Waals surface area contributed by atoms with Crippen molar-refractivity contribution in [3.8, 4) is 6.07 Å². The number of carbonyl (C=O) groups excluding carboxylic acids is 2. The lowest BCUT2D eigenvalue weighted by Gasteiger charge is -2.18. The second-order valence-corrected chi connectivity index (χ2v) is 7.50. The molecule has 0 unspecified atom stereocenters. The van der Waals surface area contributed by atoms with Crippen LogP contribution in [0.15, 0.2) is 53.6 Å². The van der Waals surface area contributed by atoms with E-state index in [1.54, 1.807) is 43.3 Å². The van der Waals surface area contributed by atoms with Gasteiger partial charge < -0.3 is 5.32 Å². The fraction of sp³-hybridized carbons (Fsp3) is 0.273. The van der Waals surface area contributed by atoms with Gasteiger partial charge in [0, 0.05) is 11.3 Å². The van der Waals surface area contributed by atoms with E-state index in [9.17, 15) is 9.59 Å². The van der Waals surface area contributed by atoms with E-state index in [4.69, 9.17) is 5.26 Å². The highest BCUT2D eigenvalue weighted by atomic mass is 16.2. The second-order valence-electron chi connectivity index (χ2n) is 7.50. The molecule has 0 aliphatic rings. The number of carbonyl (C=O) groups is 2. The van der Waals surface area contributed by atoms with E-state index in [-0.39, 0.29) is 23.7 Å². The zero-order valence-corrected chi connectivity index (χ0v) is 16.5. The zero-order chi connectivity index (χ0) is 20.7.